The van der Waals surface area contributed by atoms with Crippen LogP contribution < -0.4 is 0 Å². The predicted molar refractivity (Wildman–Crippen MR) is 137 cm³/mol. The predicted octanol–water partition coefficient (Wildman–Crippen LogP) is 7.70. The minimum Gasteiger partial charge on any atom is -0.462 e. The van der Waals surface area contributed by atoms with Gasteiger partial charge in [-0.2, -0.15) is 5.26 Å². The lowest BCUT2D eigenvalue weighted by Crippen LogP contribution is -2.06. The van der Waals surface area contributed by atoms with Gasteiger partial charge in [0.15, 0.2) is 0 Å². The Morgan fingerprint density at radius 1 is 1.10 bits per heavy atom. The van der Waals surface area contributed by atoms with Crippen LogP contribution in [0.4, 0.5) is 0 Å². The molecule has 4 nitrogen and oxygen atoms in total. The van der Waals surface area contributed by atoms with E-state index in [1.54, 1.807) is 36.5 Å². The number of aromatic nitrogens is 1. The maximum absolute atomic E-state index is 12.0. The number of nitrogens with one attached hydrogen (secondary N) is 1. The second-order valence-electron chi connectivity index (χ2n) is 6.04. The average Bonchev–Trinajstić information content (AvgIpc) is 3.43. The first kappa shape index (κ1) is 24.2. The molecule has 0 saturated carbocycles. The summed E-state index contributed by atoms with van der Waals surface area (Å²) in [5.74, 6) is 1.70. The monoisotopic (exact) mass is 514 g/mol. The van der Waals surface area contributed by atoms with Gasteiger partial charge in [-0.3, -0.25) is 0 Å². The lowest BCUT2D eigenvalue weighted by atomic mass is 10.2. The fourth-order valence-corrected chi connectivity index (χ4v) is 10.9. The molecule has 0 aliphatic carbocycles. The van der Waals surface area contributed by atoms with Crippen LogP contribution in [0, 0.1) is 11.3 Å². The normalized spacial score (nSPS) is 16.3. The third-order valence-corrected chi connectivity index (χ3v) is 12.8. The van der Waals surface area contributed by atoms with Crippen molar-refractivity contribution in [1.29, 1.82) is 5.26 Å². The maximum Gasteiger partial charge on any atom is 0.348 e. The van der Waals surface area contributed by atoms with Crippen LogP contribution in [0.5, 0.6) is 0 Å². The summed E-state index contributed by atoms with van der Waals surface area (Å²) in [6.45, 7) is 6.42. The first-order chi connectivity index (χ1) is 14.6. The number of hydrogen-bond donors (Lipinski definition) is 1. The molecular weight excluding hydrogens is 493 g/mol. The largest absolute Gasteiger partial charge is 0.462 e. The van der Waals surface area contributed by atoms with Crippen LogP contribution in [0.15, 0.2) is 38.5 Å². The topological polar surface area (TPSA) is 65.9 Å². The molecule has 0 unspecified atom stereocenters. The summed E-state index contributed by atoms with van der Waals surface area (Å²) in [6.07, 6.45) is 5.88. The Morgan fingerprint density at radius 2 is 1.73 bits per heavy atom. The van der Waals surface area contributed by atoms with Crippen molar-refractivity contribution in [1.82, 2.24) is 4.98 Å². The summed E-state index contributed by atoms with van der Waals surface area (Å²) < 4.78 is 10.4. The third-order valence-electron chi connectivity index (χ3n) is 3.71. The van der Waals surface area contributed by atoms with Gasteiger partial charge in [0.05, 0.1) is 34.1 Å². The van der Waals surface area contributed by atoms with Gasteiger partial charge in [0, 0.05) is 11.1 Å². The standard InChI is InChI=1S/C20H22N2O2S6/c1-4-7-25-17-18(26-8-5-2)30-20(29-17)19-27-14-11-22-13(15(14)28-19)9-12(10-21)16(23)24-6-3/h9,11,22H,4-8H2,1-3H3/b12-9+. The highest BCUT2D eigenvalue weighted by Gasteiger charge is 2.30. The molecule has 0 fully saturated rings. The van der Waals surface area contributed by atoms with Gasteiger partial charge in [-0.1, -0.05) is 60.9 Å². The van der Waals surface area contributed by atoms with Crippen molar-refractivity contribution in [3.63, 3.8) is 0 Å². The highest BCUT2D eigenvalue weighted by molar-refractivity contribution is 8.42. The molecule has 3 heterocycles. The van der Waals surface area contributed by atoms with Crippen molar-refractivity contribution < 1.29 is 9.53 Å². The minimum absolute atomic E-state index is 0.0102. The van der Waals surface area contributed by atoms with Gasteiger partial charge in [-0.05, 0) is 37.3 Å². The van der Waals surface area contributed by atoms with E-state index >= 15 is 0 Å². The van der Waals surface area contributed by atoms with Gasteiger partial charge < -0.3 is 9.72 Å². The van der Waals surface area contributed by atoms with Gasteiger partial charge in [0.25, 0.3) is 0 Å². The summed E-state index contributed by atoms with van der Waals surface area (Å²) in [4.78, 5) is 17.3. The molecule has 2 aliphatic heterocycles. The van der Waals surface area contributed by atoms with Crippen molar-refractivity contribution in [2.45, 2.75) is 43.4 Å². The molecular formula is C20H22N2O2S6. The van der Waals surface area contributed by atoms with Crippen molar-refractivity contribution in [2.24, 2.45) is 0 Å². The number of esters is 1. The van der Waals surface area contributed by atoms with Crippen molar-refractivity contribution in [2.75, 3.05) is 18.1 Å². The molecule has 0 radical (unpaired) electrons. The van der Waals surface area contributed by atoms with E-state index in [9.17, 15) is 10.1 Å². The Morgan fingerprint density at radius 3 is 2.30 bits per heavy atom. The first-order valence-electron chi connectivity index (χ1n) is 9.57. The molecule has 10 heteroatoms. The second kappa shape index (κ2) is 12.0. The Kier molecular flexibility index (Phi) is 9.66. The molecule has 1 aromatic heterocycles. The van der Waals surface area contributed by atoms with Crippen LogP contribution in [0.3, 0.4) is 0 Å². The van der Waals surface area contributed by atoms with Crippen molar-refractivity contribution in [3.8, 4) is 6.07 Å². The molecule has 2 aliphatic rings. The van der Waals surface area contributed by atoms with E-state index in [-0.39, 0.29) is 12.2 Å². The van der Waals surface area contributed by atoms with E-state index in [0.717, 1.165) is 27.0 Å². The van der Waals surface area contributed by atoms with Crippen LogP contribution >= 0.6 is 70.6 Å². The SMILES string of the molecule is CCCSC1=C(SCCC)SC(=C2Sc3c[nH]c(/C=C(\C#N)C(=O)OCC)c3S2)S1. The lowest BCUT2D eigenvalue weighted by molar-refractivity contribution is -0.137. The first-order valence-corrected chi connectivity index (χ1v) is 14.8. The highest BCUT2D eigenvalue weighted by atomic mass is 32.3. The van der Waals surface area contributed by atoms with E-state index in [1.807, 2.05) is 59.3 Å². The molecule has 0 aromatic carbocycles. The average molecular weight is 515 g/mol. The number of rotatable bonds is 9. The Labute approximate surface area is 203 Å². The van der Waals surface area contributed by atoms with Gasteiger partial charge >= 0.3 is 5.97 Å². The lowest BCUT2D eigenvalue weighted by Gasteiger charge is -2.03. The molecule has 1 aromatic rings. The van der Waals surface area contributed by atoms with Crippen LogP contribution in [-0.2, 0) is 9.53 Å². The molecule has 3 rings (SSSR count). The smallest absolute Gasteiger partial charge is 0.348 e. The Bertz CT molecular complexity index is 920. The van der Waals surface area contributed by atoms with E-state index in [4.69, 9.17) is 4.74 Å². The number of nitriles is 1. The van der Waals surface area contributed by atoms with Crippen LogP contribution in [0.2, 0.25) is 0 Å². The van der Waals surface area contributed by atoms with Crippen molar-refractivity contribution >= 4 is 82.6 Å². The molecule has 1 N–H and O–H groups in total. The number of carbonyl (C=O) groups excluding carboxylic acids is 1. The van der Waals surface area contributed by atoms with Gasteiger partial charge in [-0.25, -0.2) is 4.79 Å². The van der Waals surface area contributed by atoms with E-state index in [2.05, 4.69) is 18.8 Å². The molecule has 0 amide bonds. The molecule has 160 valence electrons. The van der Waals surface area contributed by atoms with Crippen LogP contribution in [-0.4, -0.2) is 29.1 Å². The van der Waals surface area contributed by atoms with Crippen LogP contribution in [0.25, 0.3) is 6.08 Å². The number of thioether (sulfide) groups is 6. The number of ether oxygens (including phenoxy) is 1. The van der Waals surface area contributed by atoms with Crippen LogP contribution in [0.1, 0.15) is 39.3 Å². The van der Waals surface area contributed by atoms with E-state index in [0.29, 0.717) is 0 Å². The molecule has 0 spiro atoms. The third kappa shape index (κ3) is 5.87. The number of carbonyl (C=O) groups is 1. The fraction of sp³-hybridized carbons (Fsp3) is 0.400. The van der Waals surface area contributed by atoms with Crippen molar-refractivity contribution in [3.05, 3.63) is 34.4 Å². The summed E-state index contributed by atoms with van der Waals surface area (Å²) in [7, 11) is 0. The number of H-pyrrole nitrogens is 1. The number of aromatic amines is 1. The number of hydrogen-bond acceptors (Lipinski definition) is 9. The zero-order valence-electron chi connectivity index (χ0n) is 16.9. The summed E-state index contributed by atoms with van der Waals surface area (Å²) in [6, 6.07) is 1.95. The zero-order valence-corrected chi connectivity index (χ0v) is 21.8. The summed E-state index contributed by atoms with van der Waals surface area (Å²) in [5, 5.41) is 9.32. The van der Waals surface area contributed by atoms with E-state index in [1.165, 1.54) is 29.8 Å². The zero-order chi connectivity index (χ0) is 21.5. The fourth-order valence-electron chi connectivity index (χ4n) is 2.40. The molecule has 0 saturated heterocycles. The quantitative estimate of drug-likeness (QED) is 0.203. The number of nitrogens with zero attached hydrogens (tertiary/aromatic N) is 1. The van der Waals surface area contributed by atoms with Gasteiger partial charge in [0.2, 0.25) is 0 Å². The molecule has 30 heavy (non-hydrogen) atoms. The Hall–Kier alpha value is -0.440. The highest BCUT2D eigenvalue weighted by Crippen LogP contribution is 2.64. The molecule has 0 atom stereocenters. The summed E-state index contributed by atoms with van der Waals surface area (Å²) >= 11 is 11.2. The van der Waals surface area contributed by atoms with Gasteiger partial charge in [0.1, 0.15) is 11.6 Å². The van der Waals surface area contributed by atoms with Gasteiger partial charge in [-0.15, -0.1) is 23.5 Å². The minimum atomic E-state index is -0.584. The second-order valence-corrected chi connectivity index (χ2v) is 13.4. The maximum atomic E-state index is 12.0. The Balaban J connectivity index is 1.78. The molecule has 0 bridgehead atoms. The number of fused-ring (bicyclic) bond motifs is 1. The summed E-state index contributed by atoms with van der Waals surface area (Å²) in [5.41, 5.74) is 0.792. The van der Waals surface area contributed by atoms with E-state index < -0.39 is 5.97 Å².